The van der Waals surface area contributed by atoms with Crippen LogP contribution in [0.25, 0.3) is 33.5 Å². The van der Waals surface area contributed by atoms with Gasteiger partial charge in [0.05, 0.1) is 42.0 Å². The molecule has 3 N–H and O–H groups in total. The van der Waals surface area contributed by atoms with Crippen LogP contribution in [0.1, 0.15) is 25.7 Å². The van der Waals surface area contributed by atoms with Gasteiger partial charge >= 0.3 is 0 Å². The van der Waals surface area contributed by atoms with Gasteiger partial charge in [-0.1, -0.05) is 0 Å². The Kier molecular flexibility index (Phi) is 5.36. The second kappa shape index (κ2) is 8.50. The highest BCUT2D eigenvalue weighted by atomic mass is 16.5. The number of aromatic amines is 2. The molecule has 0 bridgehead atoms. The molecule has 4 heterocycles. The Labute approximate surface area is 194 Å². The van der Waals surface area contributed by atoms with E-state index in [1.165, 1.54) is 0 Å². The molecule has 1 atom stereocenters. The molecule has 0 spiro atoms. The van der Waals surface area contributed by atoms with Crippen LogP contribution < -0.4 is 20.3 Å². The van der Waals surface area contributed by atoms with Crippen molar-refractivity contribution in [1.82, 2.24) is 34.7 Å². The van der Waals surface area contributed by atoms with E-state index in [1.807, 2.05) is 19.9 Å². The zero-order valence-electron chi connectivity index (χ0n) is 19.2. The highest BCUT2D eigenvalue weighted by Gasteiger charge is 2.23. The zero-order chi connectivity index (χ0) is 23.8. The normalized spacial score (nSPS) is 12.2. The molecule has 1 aromatic carbocycles. The molecule has 4 aromatic heterocycles. The smallest absolute Gasteiger partial charge is 0.261 e. The van der Waals surface area contributed by atoms with Crippen LogP contribution in [0.5, 0.6) is 11.5 Å². The lowest BCUT2D eigenvalue weighted by molar-refractivity contribution is 0.311. The molecule has 0 aliphatic heterocycles. The third-order valence-corrected chi connectivity index (χ3v) is 5.43. The first kappa shape index (κ1) is 21.4. The maximum atomic E-state index is 13.3. The van der Waals surface area contributed by atoms with E-state index in [-0.39, 0.29) is 11.6 Å². The van der Waals surface area contributed by atoms with E-state index >= 15 is 0 Å². The van der Waals surface area contributed by atoms with Crippen molar-refractivity contribution < 1.29 is 9.47 Å². The maximum Gasteiger partial charge on any atom is 0.261 e. The van der Waals surface area contributed by atoms with Gasteiger partial charge in [-0.2, -0.15) is 5.10 Å². The number of hydrogen-bond acceptors (Lipinski definition) is 8. The summed E-state index contributed by atoms with van der Waals surface area (Å²) in [6.07, 6.45) is 5.11. The summed E-state index contributed by atoms with van der Waals surface area (Å²) in [7, 11) is 3.38. The molecule has 0 saturated heterocycles. The van der Waals surface area contributed by atoms with Crippen LogP contribution in [0.15, 0.2) is 41.6 Å². The summed E-state index contributed by atoms with van der Waals surface area (Å²) in [5.74, 6) is 2.14. The van der Waals surface area contributed by atoms with E-state index in [0.29, 0.717) is 63.1 Å². The van der Waals surface area contributed by atoms with Crippen LogP contribution in [0.4, 0.5) is 5.69 Å². The third kappa shape index (κ3) is 3.70. The highest BCUT2D eigenvalue weighted by Crippen LogP contribution is 2.35. The Morgan fingerprint density at radius 2 is 1.94 bits per heavy atom. The van der Waals surface area contributed by atoms with Crippen LogP contribution in [0.2, 0.25) is 0 Å². The predicted molar refractivity (Wildman–Crippen MR) is 128 cm³/mol. The monoisotopic (exact) mass is 460 g/mol. The Balaban J connectivity index is 1.70. The topological polar surface area (TPSA) is 136 Å². The van der Waals surface area contributed by atoms with Crippen LogP contribution in [-0.2, 0) is 7.05 Å². The van der Waals surface area contributed by atoms with E-state index in [2.05, 4.69) is 30.4 Å². The van der Waals surface area contributed by atoms with Gasteiger partial charge in [-0.3, -0.25) is 9.48 Å². The fraction of sp³-hybridized carbons (Fsp3) is 0.261. The van der Waals surface area contributed by atoms with Crippen molar-refractivity contribution >= 4 is 27.8 Å². The predicted octanol–water partition coefficient (Wildman–Crippen LogP) is 3.18. The second-order valence-electron chi connectivity index (χ2n) is 7.78. The molecule has 5 rings (SSSR count). The van der Waals surface area contributed by atoms with Crippen molar-refractivity contribution in [2.45, 2.75) is 19.9 Å². The van der Waals surface area contributed by atoms with Gasteiger partial charge in [0.25, 0.3) is 5.56 Å². The summed E-state index contributed by atoms with van der Waals surface area (Å²) in [4.78, 5) is 32.8. The number of ether oxygens (including phenoxy) is 2. The minimum absolute atomic E-state index is 0.291. The number of aromatic nitrogens is 7. The summed E-state index contributed by atoms with van der Waals surface area (Å²) in [5, 5.41) is 7.96. The van der Waals surface area contributed by atoms with Gasteiger partial charge < -0.3 is 24.8 Å². The van der Waals surface area contributed by atoms with E-state index in [1.54, 1.807) is 49.6 Å². The van der Waals surface area contributed by atoms with Gasteiger partial charge in [-0.25, -0.2) is 15.0 Å². The second-order valence-corrected chi connectivity index (χ2v) is 7.78. The van der Waals surface area contributed by atoms with Gasteiger partial charge in [0, 0.05) is 37.8 Å². The van der Waals surface area contributed by atoms with Crippen molar-refractivity contribution in [3.05, 3.63) is 53.0 Å². The number of imidazole rings is 1. The molecule has 0 saturated carbocycles. The number of benzene rings is 1. The minimum atomic E-state index is -0.305. The summed E-state index contributed by atoms with van der Waals surface area (Å²) in [5.41, 5.74) is 3.13. The van der Waals surface area contributed by atoms with Crippen molar-refractivity contribution in [3.63, 3.8) is 0 Å². The lowest BCUT2D eigenvalue weighted by atomic mass is 10.1. The summed E-state index contributed by atoms with van der Waals surface area (Å²) < 4.78 is 12.8. The largest absolute Gasteiger partial charge is 0.493 e. The van der Waals surface area contributed by atoms with Gasteiger partial charge in [0.1, 0.15) is 22.7 Å². The quantitative estimate of drug-likeness (QED) is 0.337. The molecule has 11 heteroatoms. The Hall–Kier alpha value is -4.41. The summed E-state index contributed by atoms with van der Waals surface area (Å²) >= 11 is 0. The maximum absolute atomic E-state index is 13.3. The first-order valence-electron chi connectivity index (χ1n) is 10.8. The average Bonchev–Trinajstić information content (AvgIpc) is 3.41. The van der Waals surface area contributed by atoms with E-state index < -0.39 is 0 Å². The number of pyridine rings is 1. The average molecular weight is 460 g/mol. The van der Waals surface area contributed by atoms with Gasteiger partial charge in [-0.05, 0) is 19.9 Å². The Bertz CT molecular complexity index is 1540. The van der Waals surface area contributed by atoms with E-state index in [4.69, 9.17) is 14.5 Å². The summed E-state index contributed by atoms with van der Waals surface area (Å²) in [6, 6.07) is 5.06. The molecule has 174 valence electrons. The number of nitrogens with one attached hydrogen (secondary N) is 3. The minimum Gasteiger partial charge on any atom is -0.493 e. The Morgan fingerprint density at radius 3 is 2.68 bits per heavy atom. The standard InChI is InChI=1S/C23H24N8O3/c1-5-34-17-10-14-13(9-16(17)33-4)27-22(28-14)18-20(26-12(2)21-24-7-6-8-25-21)19-15(29-23(18)32)11-31(3)30-19/h6-12,26H,5H2,1-4H3,(H,27,28)(H,29,32). The molecule has 0 amide bonds. The van der Waals surface area contributed by atoms with E-state index in [0.717, 1.165) is 0 Å². The number of aryl methyl sites for hydroxylation is 1. The molecule has 11 nitrogen and oxygen atoms in total. The number of anilines is 1. The van der Waals surface area contributed by atoms with Crippen LogP contribution in [-0.4, -0.2) is 48.4 Å². The number of nitrogens with zero attached hydrogens (tertiary/aromatic N) is 5. The molecular formula is C23H24N8O3. The number of fused-ring (bicyclic) bond motifs is 2. The summed E-state index contributed by atoms with van der Waals surface area (Å²) in [6.45, 7) is 4.32. The molecule has 0 aliphatic rings. The van der Waals surface area contributed by atoms with Crippen molar-refractivity contribution in [1.29, 1.82) is 0 Å². The van der Waals surface area contributed by atoms with Gasteiger partial charge in [0.15, 0.2) is 11.5 Å². The first-order valence-corrected chi connectivity index (χ1v) is 10.8. The van der Waals surface area contributed by atoms with Gasteiger partial charge in [-0.15, -0.1) is 0 Å². The van der Waals surface area contributed by atoms with Crippen molar-refractivity contribution in [2.75, 3.05) is 19.0 Å². The molecule has 0 fully saturated rings. The van der Waals surface area contributed by atoms with Crippen molar-refractivity contribution in [2.24, 2.45) is 7.05 Å². The molecule has 1 unspecified atom stereocenters. The molecule has 0 aliphatic carbocycles. The van der Waals surface area contributed by atoms with Crippen LogP contribution in [0, 0.1) is 0 Å². The van der Waals surface area contributed by atoms with Crippen LogP contribution in [0.3, 0.4) is 0 Å². The fourth-order valence-corrected chi connectivity index (χ4v) is 3.93. The number of methoxy groups -OCH3 is 1. The molecular weight excluding hydrogens is 436 g/mol. The van der Waals surface area contributed by atoms with Crippen molar-refractivity contribution in [3.8, 4) is 22.9 Å². The lowest BCUT2D eigenvalue weighted by Crippen LogP contribution is -2.17. The number of H-pyrrole nitrogens is 2. The highest BCUT2D eigenvalue weighted by molar-refractivity contribution is 5.96. The van der Waals surface area contributed by atoms with Gasteiger partial charge in [0.2, 0.25) is 0 Å². The Morgan fingerprint density at radius 1 is 1.15 bits per heavy atom. The van der Waals surface area contributed by atoms with Crippen LogP contribution >= 0.6 is 0 Å². The zero-order valence-corrected chi connectivity index (χ0v) is 19.2. The molecule has 5 aromatic rings. The molecule has 0 radical (unpaired) electrons. The SMILES string of the molecule is CCOc1cc2[nH]c(-c3c(NC(C)c4ncccn4)c4nn(C)cc4[nH]c3=O)nc2cc1OC. The third-order valence-electron chi connectivity index (χ3n) is 5.43. The molecule has 34 heavy (non-hydrogen) atoms. The number of rotatable bonds is 7. The lowest BCUT2D eigenvalue weighted by Gasteiger charge is -2.16. The van der Waals surface area contributed by atoms with E-state index in [9.17, 15) is 4.79 Å². The first-order chi connectivity index (χ1) is 16.5. The number of hydrogen-bond donors (Lipinski definition) is 3. The fourth-order valence-electron chi connectivity index (χ4n) is 3.93.